The number of benzene rings is 1. The zero-order valence-corrected chi connectivity index (χ0v) is 14.3. The maximum Gasteiger partial charge on any atom is 0.0449 e. The standard InChI is InChI=1S/C18H32N2/c1-13(2)11-20(14(3)4)12-18(19-7)17-9-8-15(5)10-16(17)6/h8-10,13-14,18-19H,11-12H2,1-7H3. The third-order valence-electron chi connectivity index (χ3n) is 3.90. The molecule has 0 amide bonds. The van der Waals surface area contributed by atoms with E-state index in [2.05, 4.69) is 77.0 Å². The molecule has 1 unspecified atom stereocenters. The highest BCUT2D eigenvalue weighted by atomic mass is 15.2. The van der Waals surface area contributed by atoms with Crippen LogP contribution < -0.4 is 5.32 Å². The number of aryl methyl sites for hydroxylation is 2. The molecule has 0 heterocycles. The van der Waals surface area contributed by atoms with Gasteiger partial charge in [0.2, 0.25) is 0 Å². The average molecular weight is 276 g/mol. The van der Waals surface area contributed by atoms with Gasteiger partial charge in [-0.1, -0.05) is 37.6 Å². The Labute approximate surface area is 125 Å². The summed E-state index contributed by atoms with van der Waals surface area (Å²) in [5.41, 5.74) is 4.15. The molecule has 0 spiro atoms. The monoisotopic (exact) mass is 276 g/mol. The second-order valence-corrected chi connectivity index (χ2v) is 6.64. The molecule has 2 nitrogen and oxygen atoms in total. The van der Waals surface area contributed by atoms with Crippen molar-refractivity contribution < 1.29 is 0 Å². The second kappa shape index (κ2) is 7.80. The first-order valence-electron chi connectivity index (χ1n) is 7.83. The molecule has 114 valence electrons. The zero-order valence-electron chi connectivity index (χ0n) is 14.3. The summed E-state index contributed by atoms with van der Waals surface area (Å²) in [6, 6.07) is 7.76. The molecule has 1 rings (SSSR count). The lowest BCUT2D eigenvalue weighted by Crippen LogP contribution is -2.40. The Bertz CT molecular complexity index is 410. The maximum absolute atomic E-state index is 3.50. The highest BCUT2D eigenvalue weighted by molar-refractivity contribution is 5.33. The molecule has 2 heteroatoms. The van der Waals surface area contributed by atoms with Crippen molar-refractivity contribution in [2.45, 2.75) is 53.6 Å². The van der Waals surface area contributed by atoms with Crippen LogP contribution in [0.3, 0.4) is 0 Å². The van der Waals surface area contributed by atoms with E-state index in [1.807, 2.05) is 0 Å². The van der Waals surface area contributed by atoms with Gasteiger partial charge in [0.1, 0.15) is 0 Å². The van der Waals surface area contributed by atoms with E-state index in [1.165, 1.54) is 16.7 Å². The summed E-state index contributed by atoms with van der Waals surface area (Å²) < 4.78 is 0. The van der Waals surface area contributed by atoms with Gasteiger partial charge >= 0.3 is 0 Å². The van der Waals surface area contributed by atoms with Crippen LogP contribution in [0, 0.1) is 19.8 Å². The molecule has 0 radical (unpaired) electrons. The molecule has 0 aromatic heterocycles. The highest BCUT2D eigenvalue weighted by Gasteiger charge is 2.19. The molecule has 0 aliphatic carbocycles. The Morgan fingerprint density at radius 3 is 2.15 bits per heavy atom. The zero-order chi connectivity index (χ0) is 15.3. The number of nitrogens with one attached hydrogen (secondary N) is 1. The SMILES string of the molecule is CNC(CN(CC(C)C)C(C)C)c1ccc(C)cc1C. The molecule has 0 bridgehead atoms. The van der Waals surface area contributed by atoms with Crippen molar-refractivity contribution >= 4 is 0 Å². The van der Waals surface area contributed by atoms with Gasteiger partial charge in [-0.15, -0.1) is 0 Å². The molecular weight excluding hydrogens is 244 g/mol. The summed E-state index contributed by atoms with van der Waals surface area (Å²) in [6.07, 6.45) is 0. The first-order chi connectivity index (χ1) is 9.35. The van der Waals surface area contributed by atoms with Gasteiger partial charge in [-0.2, -0.15) is 0 Å². The van der Waals surface area contributed by atoms with Crippen molar-refractivity contribution in [3.05, 3.63) is 34.9 Å². The number of nitrogens with zero attached hydrogens (tertiary/aromatic N) is 1. The molecule has 20 heavy (non-hydrogen) atoms. The first kappa shape index (κ1) is 17.2. The van der Waals surface area contributed by atoms with Crippen LogP contribution in [0.15, 0.2) is 18.2 Å². The normalized spacial score (nSPS) is 13.5. The number of hydrogen-bond acceptors (Lipinski definition) is 2. The minimum Gasteiger partial charge on any atom is -0.312 e. The van der Waals surface area contributed by atoms with Gasteiger partial charge < -0.3 is 5.32 Å². The van der Waals surface area contributed by atoms with E-state index >= 15 is 0 Å². The lowest BCUT2D eigenvalue weighted by atomic mass is 9.98. The third-order valence-corrected chi connectivity index (χ3v) is 3.90. The first-order valence-corrected chi connectivity index (χ1v) is 7.83. The Morgan fingerprint density at radius 1 is 1.05 bits per heavy atom. The molecule has 1 aromatic rings. The Hall–Kier alpha value is -0.860. The molecule has 0 saturated heterocycles. The van der Waals surface area contributed by atoms with E-state index in [0.717, 1.165) is 13.1 Å². The molecule has 1 N–H and O–H groups in total. The van der Waals surface area contributed by atoms with Crippen molar-refractivity contribution in [1.82, 2.24) is 10.2 Å². The van der Waals surface area contributed by atoms with Crippen LogP contribution in [0.25, 0.3) is 0 Å². The largest absolute Gasteiger partial charge is 0.312 e. The molecule has 0 fully saturated rings. The van der Waals surface area contributed by atoms with Gasteiger partial charge in [0, 0.05) is 25.2 Å². The van der Waals surface area contributed by atoms with Gasteiger partial charge in [-0.25, -0.2) is 0 Å². The molecule has 0 aliphatic rings. The van der Waals surface area contributed by atoms with Crippen LogP contribution in [0.1, 0.15) is 50.4 Å². The summed E-state index contributed by atoms with van der Waals surface area (Å²) in [4.78, 5) is 2.57. The van der Waals surface area contributed by atoms with E-state index in [0.29, 0.717) is 18.0 Å². The van der Waals surface area contributed by atoms with Gasteiger partial charge in [0.05, 0.1) is 0 Å². The minimum absolute atomic E-state index is 0.400. The van der Waals surface area contributed by atoms with Crippen LogP contribution in [0.5, 0.6) is 0 Å². The third kappa shape index (κ3) is 4.92. The lowest BCUT2D eigenvalue weighted by molar-refractivity contribution is 0.179. The molecule has 1 aromatic carbocycles. The van der Waals surface area contributed by atoms with E-state index in [9.17, 15) is 0 Å². The average Bonchev–Trinajstić information content (AvgIpc) is 2.34. The number of hydrogen-bond donors (Lipinski definition) is 1. The van der Waals surface area contributed by atoms with Gasteiger partial charge in [0.15, 0.2) is 0 Å². The van der Waals surface area contributed by atoms with Crippen molar-refractivity contribution in [3.63, 3.8) is 0 Å². The van der Waals surface area contributed by atoms with Crippen molar-refractivity contribution in [2.75, 3.05) is 20.1 Å². The van der Waals surface area contributed by atoms with E-state index < -0.39 is 0 Å². The van der Waals surface area contributed by atoms with Crippen molar-refractivity contribution in [3.8, 4) is 0 Å². The fourth-order valence-electron chi connectivity index (χ4n) is 2.76. The highest BCUT2D eigenvalue weighted by Crippen LogP contribution is 2.21. The maximum atomic E-state index is 3.50. The number of rotatable bonds is 7. The Kier molecular flexibility index (Phi) is 6.70. The summed E-state index contributed by atoms with van der Waals surface area (Å²) >= 11 is 0. The summed E-state index contributed by atoms with van der Waals surface area (Å²) in [5, 5.41) is 3.50. The predicted molar refractivity (Wildman–Crippen MR) is 89.3 cm³/mol. The summed E-state index contributed by atoms with van der Waals surface area (Å²) in [6.45, 7) is 15.8. The Balaban J connectivity index is 2.89. The Morgan fingerprint density at radius 2 is 1.70 bits per heavy atom. The fourth-order valence-corrected chi connectivity index (χ4v) is 2.76. The van der Waals surface area contributed by atoms with Gasteiger partial charge in [0.25, 0.3) is 0 Å². The molecule has 1 atom stereocenters. The van der Waals surface area contributed by atoms with Crippen LogP contribution in [-0.4, -0.2) is 31.1 Å². The van der Waals surface area contributed by atoms with Gasteiger partial charge in [-0.3, -0.25) is 4.90 Å². The molecular formula is C18H32N2. The summed E-state index contributed by atoms with van der Waals surface area (Å²) in [5.74, 6) is 0.703. The van der Waals surface area contributed by atoms with Gasteiger partial charge in [-0.05, 0) is 51.8 Å². The quantitative estimate of drug-likeness (QED) is 0.811. The van der Waals surface area contributed by atoms with E-state index in [-0.39, 0.29) is 0 Å². The fraction of sp³-hybridized carbons (Fsp3) is 0.667. The molecule has 0 saturated carbocycles. The number of likely N-dealkylation sites (N-methyl/N-ethyl adjacent to an activating group) is 1. The van der Waals surface area contributed by atoms with Crippen molar-refractivity contribution in [1.29, 1.82) is 0 Å². The lowest BCUT2D eigenvalue weighted by Gasteiger charge is -2.32. The topological polar surface area (TPSA) is 15.3 Å². The van der Waals surface area contributed by atoms with Crippen LogP contribution in [-0.2, 0) is 0 Å². The predicted octanol–water partition coefficient (Wildman–Crippen LogP) is 3.93. The smallest absolute Gasteiger partial charge is 0.0449 e. The van der Waals surface area contributed by atoms with Crippen LogP contribution in [0.2, 0.25) is 0 Å². The molecule has 0 aliphatic heterocycles. The van der Waals surface area contributed by atoms with Crippen molar-refractivity contribution in [2.24, 2.45) is 5.92 Å². The van der Waals surface area contributed by atoms with Crippen LogP contribution >= 0.6 is 0 Å². The van der Waals surface area contributed by atoms with E-state index in [4.69, 9.17) is 0 Å². The van der Waals surface area contributed by atoms with E-state index in [1.54, 1.807) is 0 Å². The minimum atomic E-state index is 0.400. The van der Waals surface area contributed by atoms with Crippen LogP contribution in [0.4, 0.5) is 0 Å². The second-order valence-electron chi connectivity index (χ2n) is 6.64. The summed E-state index contributed by atoms with van der Waals surface area (Å²) in [7, 11) is 2.07.